The molecule has 0 amide bonds. The molecule has 0 bridgehead atoms. The van der Waals surface area contributed by atoms with Gasteiger partial charge in [0, 0.05) is 16.8 Å². The number of hydrogen-bond acceptors (Lipinski definition) is 3. The SMILES string of the molecule is Cc1cc(C2(N)CCCc3ccc(N)cc32)c2ccccc2n1. The van der Waals surface area contributed by atoms with Crippen molar-refractivity contribution in [1.29, 1.82) is 0 Å². The summed E-state index contributed by atoms with van der Waals surface area (Å²) in [6.45, 7) is 2.03. The lowest BCUT2D eigenvalue weighted by Crippen LogP contribution is -2.41. The van der Waals surface area contributed by atoms with E-state index < -0.39 is 5.54 Å². The van der Waals surface area contributed by atoms with Gasteiger partial charge >= 0.3 is 0 Å². The number of nitrogens with zero attached hydrogens (tertiary/aromatic N) is 1. The van der Waals surface area contributed by atoms with Crippen LogP contribution in [-0.4, -0.2) is 4.98 Å². The average molecular weight is 303 g/mol. The summed E-state index contributed by atoms with van der Waals surface area (Å²) in [4.78, 5) is 4.66. The highest BCUT2D eigenvalue weighted by atomic mass is 14.8. The predicted octanol–water partition coefficient (Wildman–Crippen LogP) is 3.66. The molecule has 3 nitrogen and oxygen atoms in total. The number of aryl methyl sites for hydroxylation is 2. The predicted molar refractivity (Wildman–Crippen MR) is 95.2 cm³/mol. The zero-order valence-corrected chi connectivity index (χ0v) is 13.3. The van der Waals surface area contributed by atoms with Crippen LogP contribution in [0.3, 0.4) is 0 Å². The molecule has 0 radical (unpaired) electrons. The van der Waals surface area contributed by atoms with Crippen LogP contribution in [0, 0.1) is 6.92 Å². The summed E-state index contributed by atoms with van der Waals surface area (Å²) in [7, 11) is 0. The van der Waals surface area contributed by atoms with Crippen LogP contribution in [0.5, 0.6) is 0 Å². The molecule has 0 spiro atoms. The Hall–Kier alpha value is -2.39. The second kappa shape index (κ2) is 5.07. The highest BCUT2D eigenvalue weighted by molar-refractivity contribution is 5.84. The normalized spacial score (nSPS) is 20.4. The van der Waals surface area contributed by atoms with Gasteiger partial charge in [-0.15, -0.1) is 0 Å². The largest absolute Gasteiger partial charge is 0.399 e. The summed E-state index contributed by atoms with van der Waals surface area (Å²) in [5, 5.41) is 1.14. The monoisotopic (exact) mass is 303 g/mol. The highest BCUT2D eigenvalue weighted by Crippen LogP contribution is 2.41. The maximum atomic E-state index is 7.01. The van der Waals surface area contributed by atoms with Gasteiger partial charge in [0.25, 0.3) is 0 Å². The smallest absolute Gasteiger partial charge is 0.0708 e. The van der Waals surface area contributed by atoms with E-state index in [4.69, 9.17) is 11.5 Å². The molecular weight excluding hydrogens is 282 g/mol. The molecular formula is C20H21N3. The third kappa shape index (κ3) is 2.20. The zero-order chi connectivity index (χ0) is 16.0. The van der Waals surface area contributed by atoms with Crippen molar-refractivity contribution in [2.75, 3.05) is 5.73 Å². The molecule has 0 aliphatic heterocycles. The van der Waals surface area contributed by atoms with Gasteiger partial charge in [-0.2, -0.15) is 0 Å². The number of benzene rings is 2. The fourth-order valence-corrected chi connectivity index (χ4v) is 3.88. The fraction of sp³-hybridized carbons (Fsp3) is 0.250. The standard InChI is InChI=1S/C20H21N3/c1-13-11-18(16-6-2-3-7-19(16)23-13)20(22)10-4-5-14-8-9-15(21)12-17(14)20/h2-3,6-9,11-12H,4-5,10,21-22H2,1H3. The van der Waals surface area contributed by atoms with Gasteiger partial charge in [-0.3, -0.25) is 4.98 Å². The van der Waals surface area contributed by atoms with Gasteiger partial charge in [0.05, 0.1) is 11.1 Å². The average Bonchev–Trinajstić information content (AvgIpc) is 2.55. The molecule has 1 unspecified atom stereocenters. The Labute approximate surface area is 136 Å². The van der Waals surface area contributed by atoms with E-state index in [1.54, 1.807) is 0 Å². The van der Waals surface area contributed by atoms with E-state index in [1.165, 1.54) is 11.1 Å². The zero-order valence-electron chi connectivity index (χ0n) is 13.3. The summed E-state index contributed by atoms with van der Waals surface area (Å²) < 4.78 is 0. The van der Waals surface area contributed by atoms with Crippen molar-refractivity contribution < 1.29 is 0 Å². The molecule has 1 aliphatic rings. The minimum atomic E-state index is -0.504. The molecule has 0 saturated carbocycles. The first-order valence-corrected chi connectivity index (χ1v) is 8.12. The highest BCUT2D eigenvalue weighted by Gasteiger charge is 2.36. The number of pyridine rings is 1. The van der Waals surface area contributed by atoms with Crippen LogP contribution in [0.15, 0.2) is 48.5 Å². The second-order valence-corrected chi connectivity index (χ2v) is 6.57. The molecule has 116 valence electrons. The molecule has 3 aromatic rings. The van der Waals surface area contributed by atoms with Crippen LogP contribution in [0.2, 0.25) is 0 Å². The first kappa shape index (κ1) is 14.2. The number of nitrogen functional groups attached to an aromatic ring is 1. The number of para-hydroxylation sites is 1. The van der Waals surface area contributed by atoms with E-state index in [2.05, 4.69) is 41.4 Å². The summed E-state index contributed by atoms with van der Waals surface area (Å²) in [5.74, 6) is 0. The van der Waals surface area contributed by atoms with Crippen LogP contribution >= 0.6 is 0 Å². The minimum Gasteiger partial charge on any atom is -0.399 e. The van der Waals surface area contributed by atoms with E-state index in [1.807, 2.05) is 19.1 Å². The number of hydrogen-bond donors (Lipinski definition) is 2. The van der Waals surface area contributed by atoms with Crippen molar-refractivity contribution in [3.63, 3.8) is 0 Å². The molecule has 23 heavy (non-hydrogen) atoms. The Morgan fingerprint density at radius 1 is 1.04 bits per heavy atom. The maximum Gasteiger partial charge on any atom is 0.0708 e. The lowest BCUT2D eigenvalue weighted by molar-refractivity contribution is 0.445. The Kier molecular flexibility index (Phi) is 3.13. The molecule has 3 heteroatoms. The lowest BCUT2D eigenvalue weighted by Gasteiger charge is -2.37. The van der Waals surface area contributed by atoms with Gasteiger partial charge in [-0.25, -0.2) is 0 Å². The van der Waals surface area contributed by atoms with Gasteiger partial charge < -0.3 is 11.5 Å². The number of nitrogens with two attached hydrogens (primary N) is 2. The van der Waals surface area contributed by atoms with Gasteiger partial charge in [-0.1, -0.05) is 24.3 Å². The van der Waals surface area contributed by atoms with Crippen LogP contribution in [-0.2, 0) is 12.0 Å². The van der Waals surface area contributed by atoms with E-state index in [-0.39, 0.29) is 0 Å². The molecule has 1 aromatic heterocycles. The minimum absolute atomic E-state index is 0.504. The van der Waals surface area contributed by atoms with Crippen molar-refractivity contribution in [2.45, 2.75) is 31.7 Å². The molecule has 1 aliphatic carbocycles. The first-order valence-electron chi connectivity index (χ1n) is 8.12. The van der Waals surface area contributed by atoms with Crippen molar-refractivity contribution in [3.8, 4) is 0 Å². The molecule has 2 aromatic carbocycles. The number of anilines is 1. The van der Waals surface area contributed by atoms with Gasteiger partial charge in [-0.05, 0) is 67.1 Å². The van der Waals surface area contributed by atoms with Gasteiger partial charge in [0.15, 0.2) is 0 Å². The van der Waals surface area contributed by atoms with Crippen molar-refractivity contribution in [1.82, 2.24) is 4.98 Å². The van der Waals surface area contributed by atoms with E-state index >= 15 is 0 Å². The van der Waals surface area contributed by atoms with E-state index in [0.29, 0.717) is 0 Å². The Bertz CT molecular complexity index is 901. The number of fused-ring (bicyclic) bond motifs is 2. The summed E-state index contributed by atoms with van der Waals surface area (Å²) in [6, 6.07) is 16.5. The molecule has 0 fully saturated rings. The van der Waals surface area contributed by atoms with E-state index in [9.17, 15) is 0 Å². The third-order valence-electron chi connectivity index (χ3n) is 4.96. The Morgan fingerprint density at radius 3 is 2.74 bits per heavy atom. The molecule has 1 heterocycles. The molecule has 4 rings (SSSR count). The third-order valence-corrected chi connectivity index (χ3v) is 4.96. The van der Waals surface area contributed by atoms with Gasteiger partial charge in [0.1, 0.15) is 0 Å². The number of aromatic nitrogens is 1. The second-order valence-electron chi connectivity index (χ2n) is 6.57. The van der Waals surface area contributed by atoms with E-state index in [0.717, 1.165) is 47.1 Å². The molecule has 0 saturated heterocycles. The van der Waals surface area contributed by atoms with Crippen LogP contribution < -0.4 is 11.5 Å². The quantitative estimate of drug-likeness (QED) is 0.674. The number of rotatable bonds is 1. The molecule has 4 N–H and O–H groups in total. The Morgan fingerprint density at radius 2 is 1.87 bits per heavy atom. The fourth-order valence-electron chi connectivity index (χ4n) is 3.88. The first-order chi connectivity index (χ1) is 11.1. The maximum absolute atomic E-state index is 7.01. The van der Waals surface area contributed by atoms with Crippen LogP contribution in [0.4, 0.5) is 5.69 Å². The van der Waals surface area contributed by atoms with Crippen molar-refractivity contribution in [3.05, 3.63) is 70.9 Å². The summed E-state index contributed by atoms with van der Waals surface area (Å²) in [5.41, 5.74) is 19.0. The van der Waals surface area contributed by atoms with Crippen LogP contribution in [0.1, 0.15) is 35.2 Å². The molecule has 1 atom stereocenters. The van der Waals surface area contributed by atoms with Gasteiger partial charge in [0.2, 0.25) is 0 Å². The topological polar surface area (TPSA) is 64.9 Å². The van der Waals surface area contributed by atoms with Crippen molar-refractivity contribution in [2.24, 2.45) is 5.73 Å². The summed E-state index contributed by atoms with van der Waals surface area (Å²) >= 11 is 0. The lowest BCUT2D eigenvalue weighted by atomic mass is 9.72. The van der Waals surface area contributed by atoms with Crippen LogP contribution in [0.25, 0.3) is 10.9 Å². The van der Waals surface area contributed by atoms with Crippen molar-refractivity contribution >= 4 is 16.6 Å². The summed E-state index contributed by atoms with van der Waals surface area (Å²) in [6.07, 6.45) is 3.08. The Balaban J connectivity index is 2.04.